The van der Waals surface area contributed by atoms with E-state index in [-0.39, 0.29) is 5.75 Å². The molecule has 1 N–H and O–H groups in total. The maximum atomic E-state index is 13.0. The van der Waals surface area contributed by atoms with Crippen molar-refractivity contribution in [1.82, 2.24) is 24.5 Å². The summed E-state index contributed by atoms with van der Waals surface area (Å²) in [5, 5.41) is 0. The van der Waals surface area contributed by atoms with Crippen LogP contribution in [-0.2, 0) is 9.84 Å². The topological polar surface area (TPSA) is 129 Å². The predicted molar refractivity (Wildman–Crippen MR) is 123 cm³/mol. The highest BCUT2D eigenvalue weighted by molar-refractivity contribution is 7.90. The number of H-pyrrole nitrogens is 1. The number of hydrogen-bond acceptors (Lipinski definition) is 8. The molecule has 3 aromatic heterocycles. The van der Waals surface area contributed by atoms with E-state index in [9.17, 15) is 13.2 Å². The van der Waals surface area contributed by atoms with E-state index >= 15 is 0 Å². The first-order chi connectivity index (χ1) is 15.8. The molecule has 3 heterocycles. The highest BCUT2D eigenvalue weighted by Crippen LogP contribution is 2.33. The third-order valence-corrected chi connectivity index (χ3v) is 6.01. The maximum Gasteiger partial charge on any atom is 0.328 e. The van der Waals surface area contributed by atoms with Crippen LogP contribution in [0.25, 0.3) is 22.3 Å². The van der Waals surface area contributed by atoms with Gasteiger partial charge in [0.15, 0.2) is 17.1 Å². The van der Waals surface area contributed by atoms with Crippen LogP contribution in [0.4, 0.5) is 0 Å². The third-order valence-electron chi connectivity index (χ3n) is 5.09. The number of aromatic amines is 1. The second-order valence-corrected chi connectivity index (χ2v) is 9.66. The lowest BCUT2D eigenvalue weighted by Gasteiger charge is -2.20. The summed E-state index contributed by atoms with van der Waals surface area (Å²) in [6.45, 7) is 2.24. The van der Waals surface area contributed by atoms with Gasteiger partial charge in [-0.2, -0.15) is 0 Å². The van der Waals surface area contributed by atoms with Crippen molar-refractivity contribution in [1.29, 1.82) is 0 Å². The summed E-state index contributed by atoms with van der Waals surface area (Å²) in [6.07, 6.45) is 7.44. The molecule has 1 atom stereocenters. The fourth-order valence-electron chi connectivity index (χ4n) is 3.68. The number of fused-ring (bicyclic) bond motifs is 1. The number of nitrogens with one attached hydrogen (secondary N) is 1. The molecule has 0 radical (unpaired) electrons. The van der Waals surface area contributed by atoms with Crippen LogP contribution in [0.5, 0.6) is 11.5 Å². The highest BCUT2D eigenvalue weighted by atomic mass is 32.2. The van der Waals surface area contributed by atoms with E-state index in [0.29, 0.717) is 34.8 Å². The summed E-state index contributed by atoms with van der Waals surface area (Å²) in [5.74, 6) is 0.675. The van der Waals surface area contributed by atoms with Crippen molar-refractivity contribution in [3.63, 3.8) is 0 Å². The third kappa shape index (κ3) is 4.72. The van der Waals surface area contributed by atoms with Gasteiger partial charge in [0.05, 0.1) is 31.0 Å². The molecule has 0 bridgehead atoms. The fraction of sp³-hybridized carbons (Fsp3) is 0.273. The Labute approximate surface area is 190 Å². The van der Waals surface area contributed by atoms with E-state index in [1.54, 1.807) is 42.9 Å². The molecule has 33 heavy (non-hydrogen) atoms. The number of aromatic nitrogens is 5. The number of hydrogen-bond donors (Lipinski definition) is 1. The second-order valence-electron chi connectivity index (χ2n) is 7.47. The van der Waals surface area contributed by atoms with Gasteiger partial charge in [-0.1, -0.05) is 6.07 Å². The van der Waals surface area contributed by atoms with Gasteiger partial charge in [-0.3, -0.25) is 4.57 Å². The van der Waals surface area contributed by atoms with Crippen LogP contribution < -0.4 is 15.2 Å². The monoisotopic (exact) mass is 469 g/mol. The minimum absolute atomic E-state index is 0.298. The first-order valence-corrected chi connectivity index (χ1v) is 12.2. The number of nitrogens with zero attached hydrogens (tertiary/aromatic N) is 4. The number of rotatable bonds is 8. The SMILES string of the molecule is CCOc1cc([C@@H](CS(C)(=O)=O)n2c(=O)[nH]c3cc(-c4cncnc4)cnc32)ccc1OC. The molecule has 0 amide bonds. The standard InChI is InChI=1S/C22H23N5O5S/c1-4-32-20-8-14(5-6-19(20)31-2)18(12-33(3,29)30)27-21-17(26-22(27)28)7-15(11-25-21)16-9-23-13-24-10-16/h5-11,13,18H,4,12H2,1-3H3,(H,26,28)/t18-/m1/s1. The van der Waals surface area contributed by atoms with E-state index in [2.05, 4.69) is 19.9 Å². The molecule has 4 rings (SSSR count). The van der Waals surface area contributed by atoms with Crippen molar-refractivity contribution in [2.75, 3.05) is 25.7 Å². The zero-order chi connectivity index (χ0) is 23.6. The van der Waals surface area contributed by atoms with E-state index in [1.165, 1.54) is 18.0 Å². The summed E-state index contributed by atoms with van der Waals surface area (Å²) in [4.78, 5) is 28.3. The Morgan fingerprint density at radius 2 is 1.85 bits per heavy atom. The molecule has 0 aliphatic heterocycles. The fourth-order valence-corrected chi connectivity index (χ4v) is 4.60. The van der Waals surface area contributed by atoms with E-state index < -0.39 is 21.6 Å². The molecule has 0 spiro atoms. The molecule has 0 aliphatic carbocycles. The molecule has 0 unspecified atom stereocenters. The van der Waals surface area contributed by atoms with Crippen LogP contribution >= 0.6 is 0 Å². The summed E-state index contributed by atoms with van der Waals surface area (Å²) in [7, 11) is -1.94. The number of benzene rings is 1. The molecule has 11 heteroatoms. The van der Waals surface area contributed by atoms with Crippen molar-refractivity contribution in [3.8, 4) is 22.6 Å². The molecule has 172 valence electrons. The van der Waals surface area contributed by atoms with Gasteiger partial charge < -0.3 is 14.5 Å². The largest absolute Gasteiger partial charge is 0.493 e. The van der Waals surface area contributed by atoms with Crippen LogP contribution in [0.1, 0.15) is 18.5 Å². The van der Waals surface area contributed by atoms with Crippen LogP contribution in [0.15, 0.2) is 54.0 Å². The second kappa shape index (κ2) is 9.02. The quantitative estimate of drug-likeness (QED) is 0.416. The number of imidazole rings is 1. The van der Waals surface area contributed by atoms with E-state index in [1.807, 2.05) is 6.92 Å². The Bertz CT molecular complexity index is 1450. The molecular formula is C22H23N5O5S. The van der Waals surface area contributed by atoms with Crippen LogP contribution in [0.3, 0.4) is 0 Å². The number of methoxy groups -OCH3 is 1. The number of sulfone groups is 1. The van der Waals surface area contributed by atoms with Crippen molar-refractivity contribution >= 4 is 21.0 Å². The predicted octanol–water partition coefficient (Wildman–Crippen LogP) is 2.22. The van der Waals surface area contributed by atoms with Gasteiger partial charge in [-0.25, -0.2) is 28.2 Å². The zero-order valence-electron chi connectivity index (χ0n) is 18.3. The minimum atomic E-state index is -3.46. The molecular weight excluding hydrogens is 446 g/mol. The summed E-state index contributed by atoms with van der Waals surface area (Å²) in [5.41, 5.74) is 2.38. The summed E-state index contributed by atoms with van der Waals surface area (Å²) in [6, 6.07) is 6.04. The van der Waals surface area contributed by atoms with Crippen molar-refractivity contribution in [3.05, 3.63) is 65.2 Å². The van der Waals surface area contributed by atoms with Gasteiger partial charge in [0.1, 0.15) is 16.2 Å². The van der Waals surface area contributed by atoms with Crippen molar-refractivity contribution < 1.29 is 17.9 Å². The molecule has 0 fully saturated rings. The Kier molecular flexibility index (Phi) is 6.14. The van der Waals surface area contributed by atoms with Gasteiger partial charge >= 0.3 is 5.69 Å². The summed E-state index contributed by atoms with van der Waals surface area (Å²) >= 11 is 0. The molecule has 10 nitrogen and oxygen atoms in total. The Hall–Kier alpha value is -3.73. The van der Waals surface area contributed by atoms with E-state index in [0.717, 1.165) is 17.4 Å². The van der Waals surface area contributed by atoms with Crippen LogP contribution in [0.2, 0.25) is 0 Å². The molecule has 0 saturated carbocycles. The molecule has 4 aromatic rings. The van der Waals surface area contributed by atoms with Crippen LogP contribution in [0, 0.1) is 0 Å². The zero-order valence-corrected chi connectivity index (χ0v) is 19.2. The van der Waals surface area contributed by atoms with Gasteiger partial charge in [-0.05, 0) is 30.7 Å². The number of pyridine rings is 1. The van der Waals surface area contributed by atoms with Gasteiger partial charge in [0.25, 0.3) is 0 Å². The molecule has 0 aliphatic rings. The number of ether oxygens (including phenoxy) is 2. The Balaban J connectivity index is 1.88. The van der Waals surface area contributed by atoms with Crippen molar-refractivity contribution in [2.24, 2.45) is 0 Å². The van der Waals surface area contributed by atoms with Crippen molar-refractivity contribution in [2.45, 2.75) is 13.0 Å². The lowest BCUT2D eigenvalue weighted by Crippen LogP contribution is -2.28. The maximum absolute atomic E-state index is 13.0. The van der Waals surface area contributed by atoms with Gasteiger partial charge in [0.2, 0.25) is 0 Å². The van der Waals surface area contributed by atoms with Crippen LogP contribution in [-0.4, -0.2) is 58.6 Å². The minimum Gasteiger partial charge on any atom is -0.493 e. The molecule has 0 saturated heterocycles. The average Bonchev–Trinajstić information content (AvgIpc) is 3.12. The summed E-state index contributed by atoms with van der Waals surface area (Å²) < 4.78 is 37.0. The first kappa shape index (κ1) is 22.5. The lowest BCUT2D eigenvalue weighted by atomic mass is 10.1. The highest BCUT2D eigenvalue weighted by Gasteiger charge is 2.25. The average molecular weight is 470 g/mol. The Morgan fingerprint density at radius 1 is 1.09 bits per heavy atom. The van der Waals surface area contributed by atoms with Gasteiger partial charge in [-0.15, -0.1) is 0 Å². The first-order valence-electron chi connectivity index (χ1n) is 10.1. The van der Waals surface area contributed by atoms with E-state index in [4.69, 9.17) is 9.47 Å². The molecule has 1 aromatic carbocycles. The lowest BCUT2D eigenvalue weighted by molar-refractivity contribution is 0.310. The normalized spacial score (nSPS) is 12.6. The Morgan fingerprint density at radius 3 is 2.52 bits per heavy atom. The smallest absolute Gasteiger partial charge is 0.328 e. The van der Waals surface area contributed by atoms with Gasteiger partial charge in [0, 0.05) is 36.0 Å².